The fourth-order valence-corrected chi connectivity index (χ4v) is 2.82. The SMILES string of the molecule is C=C(/C=C\C=NC)S(=O)(=O)n1cnc2ccc(C)cc21. The smallest absolute Gasteiger partial charge is 0.268 e. The van der Waals surface area contributed by atoms with E-state index < -0.39 is 10.0 Å². The largest absolute Gasteiger partial charge is 0.297 e. The van der Waals surface area contributed by atoms with Gasteiger partial charge in [-0.2, -0.15) is 0 Å². The lowest BCUT2D eigenvalue weighted by atomic mass is 10.2. The van der Waals surface area contributed by atoms with Crippen LogP contribution in [0.4, 0.5) is 0 Å². The van der Waals surface area contributed by atoms with Crippen molar-refractivity contribution < 1.29 is 8.42 Å². The Kier molecular flexibility index (Phi) is 3.85. The van der Waals surface area contributed by atoms with E-state index >= 15 is 0 Å². The van der Waals surface area contributed by atoms with Crippen LogP contribution in [0.3, 0.4) is 0 Å². The first kappa shape index (κ1) is 14.2. The highest BCUT2D eigenvalue weighted by Crippen LogP contribution is 2.20. The molecule has 1 heterocycles. The van der Waals surface area contributed by atoms with Gasteiger partial charge in [-0.1, -0.05) is 12.6 Å². The lowest BCUT2D eigenvalue weighted by Crippen LogP contribution is -2.12. The quantitative estimate of drug-likeness (QED) is 0.641. The lowest BCUT2D eigenvalue weighted by molar-refractivity contribution is 0.596. The van der Waals surface area contributed by atoms with Crippen molar-refractivity contribution in [1.82, 2.24) is 8.96 Å². The van der Waals surface area contributed by atoms with Crippen molar-refractivity contribution in [2.45, 2.75) is 6.92 Å². The minimum atomic E-state index is -3.71. The zero-order chi connectivity index (χ0) is 14.8. The third-order valence-corrected chi connectivity index (χ3v) is 4.39. The van der Waals surface area contributed by atoms with Crippen LogP contribution in [0.15, 0.2) is 53.2 Å². The van der Waals surface area contributed by atoms with E-state index in [1.54, 1.807) is 19.2 Å². The molecule has 0 aliphatic heterocycles. The molecular formula is C14H15N3O2S. The molecule has 2 aromatic rings. The molecule has 0 fully saturated rings. The molecule has 20 heavy (non-hydrogen) atoms. The monoisotopic (exact) mass is 289 g/mol. The van der Waals surface area contributed by atoms with Gasteiger partial charge in [0.1, 0.15) is 6.33 Å². The highest BCUT2D eigenvalue weighted by molar-refractivity contribution is 7.94. The highest BCUT2D eigenvalue weighted by atomic mass is 32.2. The van der Waals surface area contributed by atoms with E-state index in [-0.39, 0.29) is 4.91 Å². The third-order valence-electron chi connectivity index (χ3n) is 2.78. The molecule has 0 aliphatic carbocycles. The van der Waals surface area contributed by atoms with Crippen LogP contribution in [-0.2, 0) is 10.0 Å². The van der Waals surface area contributed by atoms with Gasteiger partial charge in [-0.25, -0.2) is 17.4 Å². The minimum Gasteiger partial charge on any atom is -0.297 e. The van der Waals surface area contributed by atoms with Gasteiger partial charge >= 0.3 is 0 Å². The van der Waals surface area contributed by atoms with Gasteiger partial charge in [0.25, 0.3) is 10.0 Å². The second-order valence-electron chi connectivity index (χ2n) is 4.27. The first-order chi connectivity index (χ1) is 9.46. The van der Waals surface area contributed by atoms with Gasteiger partial charge in [0.2, 0.25) is 0 Å². The average molecular weight is 289 g/mol. The number of aliphatic imine (C=N–C) groups is 1. The fraction of sp³-hybridized carbons (Fsp3) is 0.143. The normalized spacial score (nSPS) is 12.7. The summed E-state index contributed by atoms with van der Waals surface area (Å²) in [6, 6.07) is 5.46. The molecule has 0 bridgehead atoms. The molecule has 0 saturated heterocycles. The molecule has 5 nitrogen and oxygen atoms in total. The minimum absolute atomic E-state index is 0.0155. The van der Waals surface area contributed by atoms with E-state index in [4.69, 9.17) is 0 Å². The average Bonchev–Trinajstić information content (AvgIpc) is 2.82. The summed E-state index contributed by atoms with van der Waals surface area (Å²) in [5, 5.41) is 0. The van der Waals surface area contributed by atoms with Crippen LogP contribution in [-0.4, -0.2) is 30.6 Å². The number of imidazole rings is 1. The van der Waals surface area contributed by atoms with E-state index in [1.165, 1.54) is 24.7 Å². The van der Waals surface area contributed by atoms with Crippen LogP contribution in [0.1, 0.15) is 5.56 Å². The summed E-state index contributed by atoms with van der Waals surface area (Å²) < 4.78 is 26.0. The number of rotatable bonds is 4. The topological polar surface area (TPSA) is 64.3 Å². The second-order valence-corrected chi connectivity index (χ2v) is 6.14. The maximum absolute atomic E-state index is 12.4. The molecule has 0 radical (unpaired) electrons. The van der Waals surface area contributed by atoms with Gasteiger partial charge in [-0.3, -0.25) is 4.99 Å². The van der Waals surface area contributed by atoms with E-state index in [0.717, 1.165) is 9.54 Å². The Bertz CT molecular complexity index is 814. The first-order valence-electron chi connectivity index (χ1n) is 5.94. The van der Waals surface area contributed by atoms with Gasteiger partial charge < -0.3 is 0 Å². The van der Waals surface area contributed by atoms with Crippen molar-refractivity contribution in [2.75, 3.05) is 7.05 Å². The van der Waals surface area contributed by atoms with Crippen molar-refractivity contribution in [1.29, 1.82) is 0 Å². The summed E-state index contributed by atoms with van der Waals surface area (Å²) in [5.41, 5.74) is 2.14. The Morgan fingerprint density at radius 1 is 1.45 bits per heavy atom. The zero-order valence-corrected chi connectivity index (χ0v) is 12.1. The molecule has 6 heteroatoms. The van der Waals surface area contributed by atoms with Crippen LogP contribution >= 0.6 is 0 Å². The summed E-state index contributed by atoms with van der Waals surface area (Å²) >= 11 is 0. The summed E-state index contributed by atoms with van der Waals surface area (Å²) in [5.74, 6) is 0. The third kappa shape index (κ3) is 2.55. The number of fused-ring (bicyclic) bond motifs is 1. The number of hydrogen-bond acceptors (Lipinski definition) is 4. The van der Waals surface area contributed by atoms with Gasteiger partial charge in [0, 0.05) is 13.3 Å². The lowest BCUT2D eigenvalue weighted by Gasteiger charge is -2.06. The number of benzene rings is 1. The van der Waals surface area contributed by atoms with Crippen molar-refractivity contribution in [3.8, 4) is 0 Å². The molecule has 1 aromatic heterocycles. The number of hydrogen-bond donors (Lipinski definition) is 0. The Hall–Kier alpha value is -2.21. The maximum atomic E-state index is 12.4. The summed E-state index contributed by atoms with van der Waals surface area (Å²) in [4.78, 5) is 7.83. The van der Waals surface area contributed by atoms with Crippen molar-refractivity contribution in [3.05, 3.63) is 53.7 Å². The Balaban J connectivity index is 2.52. The van der Waals surface area contributed by atoms with Gasteiger partial charge in [-0.15, -0.1) is 0 Å². The zero-order valence-electron chi connectivity index (χ0n) is 11.3. The molecule has 0 unspecified atom stereocenters. The molecular weight excluding hydrogens is 274 g/mol. The van der Waals surface area contributed by atoms with Crippen molar-refractivity contribution in [3.63, 3.8) is 0 Å². The first-order valence-corrected chi connectivity index (χ1v) is 7.38. The highest BCUT2D eigenvalue weighted by Gasteiger charge is 2.18. The summed E-state index contributed by atoms with van der Waals surface area (Å²) in [6.07, 6.45) is 5.73. The Morgan fingerprint density at radius 2 is 2.20 bits per heavy atom. The van der Waals surface area contributed by atoms with E-state index in [2.05, 4.69) is 16.6 Å². The predicted octanol–water partition coefficient (Wildman–Crippen LogP) is 2.29. The molecule has 0 atom stereocenters. The van der Waals surface area contributed by atoms with E-state index in [1.807, 2.05) is 13.0 Å². The molecule has 0 amide bonds. The summed E-state index contributed by atoms with van der Waals surface area (Å²) in [7, 11) is -2.10. The summed E-state index contributed by atoms with van der Waals surface area (Å²) in [6.45, 7) is 5.50. The fourth-order valence-electron chi connectivity index (χ4n) is 1.74. The molecule has 104 valence electrons. The van der Waals surface area contributed by atoms with Crippen LogP contribution in [0.5, 0.6) is 0 Å². The molecule has 0 saturated carbocycles. The standard InChI is InChI=1S/C14H15N3O2S/c1-11-6-7-13-14(9-11)17(10-16-13)20(18,19)12(2)5-4-8-15-3/h4-10H,2H2,1,3H3/b5-4-,15-8?. The predicted molar refractivity (Wildman–Crippen MR) is 81.5 cm³/mol. The van der Waals surface area contributed by atoms with Gasteiger partial charge in [-0.05, 0) is 36.8 Å². The van der Waals surface area contributed by atoms with Crippen molar-refractivity contribution >= 4 is 27.3 Å². The number of nitrogens with zero attached hydrogens (tertiary/aromatic N) is 3. The van der Waals surface area contributed by atoms with Crippen LogP contribution < -0.4 is 0 Å². The number of aryl methyl sites for hydroxylation is 1. The van der Waals surface area contributed by atoms with Gasteiger partial charge in [0.05, 0.1) is 15.9 Å². The Labute approximate surface area is 118 Å². The number of allylic oxidation sites excluding steroid dienone is 2. The second kappa shape index (κ2) is 5.42. The van der Waals surface area contributed by atoms with Crippen LogP contribution in [0.2, 0.25) is 0 Å². The van der Waals surface area contributed by atoms with Gasteiger partial charge in [0.15, 0.2) is 0 Å². The van der Waals surface area contributed by atoms with E-state index in [0.29, 0.717) is 11.0 Å². The molecule has 0 N–H and O–H groups in total. The van der Waals surface area contributed by atoms with Crippen molar-refractivity contribution in [2.24, 2.45) is 4.99 Å². The molecule has 0 aliphatic rings. The number of aromatic nitrogens is 2. The molecule has 0 spiro atoms. The van der Waals surface area contributed by atoms with E-state index in [9.17, 15) is 8.42 Å². The molecule has 2 rings (SSSR count). The van der Waals surface area contributed by atoms with Crippen LogP contribution in [0.25, 0.3) is 11.0 Å². The van der Waals surface area contributed by atoms with Crippen LogP contribution in [0, 0.1) is 6.92 Å². The maximum Gasteiger partial charge on any atom is 0.268 e. The molecule has 1 aromatic carbocycles. The Morgan fingerprint density at radius 3 is 2.90 bits per heavy atom.